The van der Waals surface area contributed by atoms with E-state index in [9.17, 15) is 13.2 Å². The van der Waals surface area contributed by atoms with E-state index in [1.54, 1.807) is 45.7 Å². The Morgan fingerprint density at radius 2 is 1.97 bits per heavy atom. The van der Waals surface area contributed by atoms with Crippen molar-refractivity contribution in [1.82, 2.24) is 19.1 Å². The lowest BCUT2D eigenvalue weighted by Crippen LogP contribution is -2.37. The van der Waals surface area contributed by atoms with Crippen molar-refractivity contribution >= 4 is 15.9 Å². The maximum absolute atomic E-state index is 13.1. The van der Waals surface area contributed by atoms with Crippen LogP contribution in [0.4, 0.5) is 0 Å². The van der Waals surface area contributed by atoms with Crippen LogP contribution in [0.15, 0.2) is 47.5 Å². The van der Waals surface area contributed by atoms with E-state index in [0.717, 1.165) is 17.5 Å². The zero-order valence-electron chi connectivity index (χ0n) is 16.8. The molecule has 1 saturated heterocycles. The van der Waals surface area contributed by atoms with Gasteiger partial charge in [0.15, 0.2) is 0 Å². The number of sulfonamides is 1. The van der Waals surface area contributed by atoms with Gasteiger partial charge in [-0.2, -0.15) is 4.31 Å². The van der Waals surface area contributed by atoms with Gasteiger partial charge >= 0.3 is 0 Å². The number of carbonyl (C=O) groups is 1. The summed E-state index contributed by atoms with van der Waals surface area (Å²) < 4.78 is 27.9. The summed E-state index contributed by atoms with van der Waals surface area (Å²) in [6, 6.07) is 10.9. The number of amides is 1. The number of carbonyl (C=O) groups excluding carboxylic acids is 1. The molecule has 29 heavy (non-hydrogen) atoms. The first-order valence-electron chi connectivity index (χ1n) is 9.85. The highest BCUT2D eigenvalue weighted by molar-refractivity contribution is 7.89. The van der Waals surface area contributed by atoms with Crippen molar-refractivity contribution in [2.75, 3.05) is 33.7 Å². The van der Waals surface area contributed by atoms with Crippen LogP contribution < -0.4 is 0 Å². The van der Waals surface area contributed by atoms with Crippen LogP contribution in [0.1, 0.15) is 28.0 Å². The van der Waals surface area contributed by atoms with Crippen molar-refractivity contribution in [1.29, 1.82) is 0 Å². The fraction of sp³-hybridized carbons (Fsp3) is 0.429. The molecule has 1 atom stereocenters. The molecule has 4 rings (SSSR count). The van der Waals surface area contributed by atoms with Crippen LogP contribution in [0.25, 0.3) is 0 Å². The first-order chi connectivity index (χ1) is 13.9. The molecule has 3 heterocycles. The summed E-state index contributed by atoms with van der Waals surface area (Å²) in [6.07, 6.45) is 3.15. The van der Waals surface area contributed by atoms with Gasteiger partial charge in [-0.25, -0.2) is 8.42 Å². The molecule has 1 aromatic carbocycles. The van der Waals surface area contributed by atoms with Crippen LogP contribution in [-0.2, 0) is 23.0 Å². The molecule has 0 aliphatic carbocycles. The highest BCUT2D eigenvalue weighted by atomic mass is 32.2. The maximum atomic E-state index is 13.1. The zero-order chi connectivity index (χ0) is 20.6. The number of rotatable bonds is 4. The SMILES string of the molecule is CN(C)[C@H]1CCN(S(=O)(=O)c2ccc3c(c2)CN(C(=O)c2ccccn2)CC3)C1. The Morgan fingerprint density at radius 1 is 1.14 bits per heavy atom. The number of aromatic nitrogens is 1. The van der Waals surface area contributed by atoms with Gasteiger partial charge in [-0.3, -0.25) is 9.78 Å². The maximum Gasteiger partial charge on any atom is 0.272 e. The van der Waals surface area contributed by atoms with Gasteiger partial charge in [0.05, 0.1) is 4.90 Å². The zero-order valence-corrected chi connectivity index (χ0v) is 17.6. The van der Waals surface area contributed by atoms with Crippen molar-refractivity contribution < 1.29 is 13.2 Å². The minimum atomic E-state index is -3.54. The van der Waals surface area contributed by atoms with E-state index in [1.807, 2.05) is 20.2 Å². The smallest absolute Gasteiger partial charge is 0.272 e. The lowest BCUT2D eigenvalue weighted by Gasteiger charge is -2.29. The number of pyridine rings is 1. The van der Waals surface area contributed by atoms with Crippen LogP contribution in [0.3, 0.4) is 0 Å². The topological polar surface area (TPSA) is 73.8 Å². The largest absolute Gasteiger partial charge is 0.333 e. The third-order valence-corrected chi connectivity index (χ3v) is 7.72. The fourth-order valence-electron chi connectivity index (χ4n) is 4.02. The van der Waals surface area contributed by atoms with Crippen molar-refractivity contribution in [3.05, 3.63) is 59.4 Å². The molecule has 154 valence electrons. The second-order valence-electron chi connectivity index (χ2n) is 7.89. The molecule has 1 fully saturated rings. The van der Waals surface area contributed by atoms with Gasteiger partial charge in [0.25, 0.3) is 5.91 Å². The average Bonchev–Trinajstić information content (AvgIpc) is 3.24. The van der Waals surface area contributed by atoms with Crippen molar-refractivity contribution in [3.63, 3.8) is 0 Å². The number of nitrogens with zero attached hydrogens (tertiary/aromatic N) is 4. The predicted molar refractivity (Wildman–Crippen MR) is 110 cm³/mol. The summed E-state index contributed by atoms with van der Waals surface area (Å²) in [5.41, 5.74) is 2.40. The van der Waals surface area contributed by atoms with Crippen molar-refractivity contribution in [2.45, 2.75) is 30.3 Å². The Morgan fingerprint density at radius 3 is 2.66 bits per heavy atom. The molecule has 7 nitrogen and oxygen atoms in total. The number of hydrogen-bond acceptors (Lipinski definition) is 5. The van der Waals surface area contributed by atoms with Crippen LogP contribution in [0.2, 0.25) is 0 Å². The molecule has 0 radical (unpaired) electrons. The molecule has 2 aliphatic heterocycles. The molecular weight excluding hydrogens is 388 g/mol. The Kier molecular flexibility index (Phi) is 5.42. The first kappa shape index (κ1) is 20.0. The lowest BCUT2D eigenvalue weighted by atomic mass is 9.99. The monoisotopic (exact) mass is 414 g/mol. The van der Waals surface area contributed by atoms with Gasteiger partial charge in [0, 0.05) is 38.4 Å². The van der Waals surface area contributed by atoms with E-state index in [1.165, 1.54) is 0 Å². The fourth-order valence-corrected chi connectivity index (χ4v) is 5.56. The van der Waals surface area contributed by atoms with Gasteiger partial charge in [0.2, 0.25) is 10.0 Å². The molecule has 2 aliphatic rings. The third kappa shape index (κ3) is 3.92. The van der Waals surface area contributed by atoms with Gasteiger partial charge < -0.3 is 9.80 Å². The van der Waals surface area contributed by atoms with Crippen molar-refractivity contribution in [2.24, 2.45) is 0 Å². The molecule has 1 aromatic heterocycles. The average molecular weight is 415 g/mol. The molecule has 0 saturated carbocycles. The molecule has 2 aromatic rings. The summed E-state index contributed by atoms with van der Waals surface area (Å²) in [5, 5.41) is 0. The highest BCUT2D eigenvalue weighted by Gasteiger charge is 2.34. The highest BCUT2D eigenvalue weighted by Crippen LogP contribution is 2.27. The normalized spacial score (nSPS) is 20.1. The molecule has 8 heteroatoms. The number of likely N-dealkylation sites (N-methyl/N-ethyl adjacent to an activating group) is 1. The molecule has 0 bridgehead atoms. The quantitative estimate of drug-likeness (QED) is 0.760. The summed E-state index contributed by atoms with van der Waals surface area (Å²) in [4.78, 5) is 21.0. The third-order valence-electron chi connectivity index (χ3n) is 5.86. The molecule has 0 unspecified atom stereocenters. The lowest BCUT2D eigenvalue weighted by molar-refractivity contribution is 0.0728. The van der Waals surface area contributed by atoms with E-state index in [2.05, 4.69) is 9.88 Å². The summed E-state index contributed by atoms with van der Waals surface area (Å²) >= 11 is 0. The Bertz CT molecular complexity index is 1010. The Labute approximate surface area is 172 Å². The van der Waals surface area contributed by atoms with Gasteiger partial charge in [-0.05, 0) is 62.3 Å². The van der Waals surface area contributed by atoms with Crippen LogP contribution >= 0.6 is 0 Å². The predicted octanol–water partition coefficient (Wildman–Crippen LogP) is 1.60. The Balaban J connectivity index is 1.55. The summed E-state index contributed by atoms with van der Waals surface area (Å²) in [7, 11) is 0.420. The Hall–Kier alpha value is -2.29. The van der Waals surface area contributed by atoms with Crippen LogP contribution in [0.5, 0.6) is 0 Å². The van der Waals surface area contributed by atoms with Gasteiger partial charge in [-0.1, -0.05) is 12.1 Å². The molecular formula is C21H26N4O3S. The second-order valence-corrected chi connectivity index (χ2v) is 9.83. The van der Waals surface area contributed by atoms with E-state index >= 15 is 0 Å². The van der Waals surface area contributed by atoms with E-state index < -0.39 is 10.0 Å². The number of fused-ring (bicyclic) bond motifs is 1. The van der Waals surface area contributed by atoms with E-state index in [4.69, 9.17) is 0 Å². The first-order valence-corrected chi connectivity index (χ1v) is 11.3. The van der Waals surface area contributed by atoms with Gasteiger partial charge in [0.1, 0.15) is 5.69 Å². The van der Waals surface area contributed by atoms with E-state index in [-0.39, 0.29) is 11.9 Å². The molecule has 0 N–H and O–H groups in total. The standard InChI is InChI=1S/C21H26N4O3S/c1-23(2)18-9-12-25(15-18)29(27,28)19-7-6-16-8-11-24(14-17(16)13-19)21(26)20-5-3-4-10-22-20/h3-7,10,13,18H,8-9,11-12,14-15H2,1-2H3/t18-/m0/s1. The van der Waals surface area contributed by atoms with E-state index in [0.29, 0.717) is 43.2 Å². The summed E-state index contributed by atoms with van der Waals surface area (Å²) in [5.74, 6) is -0.127. The van der Waals surface area contributed by atoms with Crippen LogP contribution in [-0.4, -0.2) is 73.2 Å². The van der Waals surface area contributed by atoms with Crippen LogP contribution in [0, 0.1) is 0 Å². The van der Waals surface area contributed by atoms with Crippen molar-refractivity contribution in [3.8, 4) is 0 Å². The minimum Gasteiger partial charge on any atom is -0.333 e. The number of hydrogen-bond donors (Lipinski definition) is 0. The minimum absolute atomic E-state index is 0.127. The second kappa shape index (κ2) is 7.85. The molecule has 0 spiro atoms. The molecule has 1 amide bonds. The van der Waals surface area contributed by atoms with Gasteiger partial charge in [-0.15, -0.1) is 0 Å². The number of benzene rings is 1. The summed E-state index contributed by atoms with van der Waals surface area (Å²) in [6.45, 7) is 2.04.